The highest BCUT2D eigenvalue weighted by Crippen LogP contribution is 2.29. The number of carbonyl (C=O) groups excluding carboxylic acids is 3. The number of amides is 4. The molecule has 152 valence electrons. The Hall–Kier alpha value is -3.87. The lowest BCUT2D eigenvalue weighted by molar-refractivity contribution is -0.125. The SMILES string of the molecule is O=C(C[C@H]1NC(=O)N(c2cccc3ccccc23)C1=O)NCCc1ccc(O)cc1. The van der Waals surface area contributed by atoms with Crippen LogP contribution in [0.4, 0.5) is 10.5 Å². The third kappa shape index (κ3) is 3.96. The Morgan fingerprint density at radius 1 is 1.00 bits per heavy atom. The lowest BCUT2D eigenvalue weighted by Gasteiger charge is -2.15. The fourth-order valence-electron chi connectivity index (χ4n) is 3.57. The molecule has 0 unspecified atom stereocenters. The van der Waals surface area contributed by atoms with Crippen LogP contribution < -0.4 is 15.5 Å². The number of phenolic OH excluding ortho intramolecular Hbond substituents is 1. The minimum absolute atomic E-state index is 0.124. The van der Waals surface area contributed by atoms with E-state index in [-0.39, 0.29) is 18.1 Å². The zero-order valence-electron chi connectivity index (χ0n) is 16.2. The number of hydrogen-bond donors (Lipinski definition) is 3. The lowest BCUT2D eigenvalue weighted by atomic mass is 10.1. The highest BCUT2D eigenvalue weighted by molar-refractivity contribution is 6.24. The molecule has 30 heavy (non-hydrogen) atoms. The summed E-state index contributed by atoms with van der Waals surface area (Å²) < 4.78 is 0. The molecule has 3 N–H and O–H groups in total. The quantitative estimate of drug-likeness (QED) is 0.551. The number of fused-ring (bicyclic) bond motifs is 1. The topological polar surface area (TPSA) is 98.7 Å². The predicted molar refractivity (Wildman–Crippen MR) is 113 cm³/mol. The van der Waals surface area contributed by atoms with Crippen LogP contribution in [0.1, 0.15) is 12.0 Å². The van der Waals surface area contributed by atoms with Gasteiger partial charge in [-0.2, -0.15) is 0 Å². The van der Waals surface area contributed by atoms with E-state index in [0.717, 1.165) is 21.2 Å². The van der Waals surface area contributed by atoms with Gasteiger partial charge in [-0.3, -0.25) is 9.59 Å². The molecule has 4 amide bonds. The molecular formula is C23H21N3O4. The third-order valence-electron chi connectivity index (χ3n) is 5.09. The van der Waals surface area contributed by atoms with Crippen LogP contribution >= 0.6 is 0 Å². The zero-order chi connectivity index (χ0) is 21.1. The number of aromatic hydroxyl groups is 1. The predicted octanol–water partition coefficient (Wildman–Crippen LogP) is 2.72. The molecule has 0 aromatic heterocycles. The summed E-state index contributed by atoms with van der Waals surface area (Å²) in [7, 11) is 0. The van der Waals surface area contributed by atoms with Crippen molar-refractivity contribution in [3.05, 3.63) is 72.3 Å². The molecule has 4 rings (SSSR count). The second-order valence-electron chi connectivity index (χ2n) is 7.14. The number of rotatable bonds is 6. The Morgan fingerprint density at radius 3 is 2.53 bits per heavy atom. The Balaban J connectivity index is 1.39. The fraction of sp³-hybridized carbons (Fsp3) is 0.174. The maximum absolute atomic E-state index is 12.9. The highest BCUT2D eigenvalue weighted by atomic mass is 16.3. The summed E-state index contributed by atoms with van der Waals surface area (Å²) in [5.41, 5.74) is 1.48. The van der Waals surface area contributed by atoms with Crippen LogP contribution in [0.5, 0.6) is 5.75 Å². The van der Waals surface area contributed by atoms with E-state index in [1.807, 2.05) is 30.3 Å². The van der Waals surface area contributed by atoms with E-state index in [9.17, 15) is 19.5 Å². The van der Waals surface area contributed by atoms with Gasteiger partial charge in [0.05, 0.1) is 12.1 Å². The van der Waals surface area contributed by atoms with Crippen LogP contribution in [0, 0.1) is 0 Å². The molecule has 7 heteroatoms. The van der Waals surface area contributed by atoms with Gasteiger partial charge in [-0.15, -0.1) is 0 Å². The van der Waals surface area contributed by atoms with Crippen molar-refractivity contribution in [1.82, 2.24) is 10.6 Å². The Kier molecular flexibility index (Phi) is 5.34. The summed E-state index contributed by atoms with van der Waals surface area (Å²) in [5.74, 6) is -0.564. The first-order valence-electron chi connectivity index (χ1n) is 9.70. The van der Waals surface area contributed by atoms with Crippen molar-refractivity contribution in [2.45, 2.75) is 18.9 Å². The van der Waals surface area contributed by atoms with E-state index in [1.54, 1.807) is 36.4 Å². The van der Waals surface area contributed by atoms with Crippen molar-refractivity contribution >= 4 is 34.3 Å². The molecule has 1 fully saturated rings. The second kappa shape index (κ2) is 8.24. The van der Waals surface area contributed by atoms with E-state index < -0.39 is 18.0 Å². The summed E-state index contributed by atoms with van der Waals surface area (Å²) in [4.78, 5) is 38.7. The van der Waals surface area contributed by atoms with Crippen molar-refractivity contribution < 1.29 is 19.5 Å². The monoisotopic (exact) mass is 403 g/mol. The van der Waals surface area contributed by atoms with Crippen LogP contribution in [-0.2, 0) is 16.0 Å². The van der Waals surface area contributed by atoms with Gasteiger partial charge in [-0.25, -0.2) is 9.69 Å². The molecule has 1 aliphatic rings. The summed E-state index contributed by atoms with van der Waals surface area (Å²) in [6, 6.07) is 18.3. The van der Waals surface area contributed by atoms with Crippen LogP contribution in [0.25, 0.3) is 10.8 Å². The van der Waals surface area contributed by atoms with Gasteiger partial charge in [0, 0.05) is 11.9 Å². The standard InChI is InChI=1S/C23H21N3O4/c27-17-10-8-15(9-11-17)12-13-24-21(28)14-19-22(29)26(23(30)25-19)20-7-3-5-16-4-1-2-6-18(16)20/h1-11,19,27H,12-14H2,(H,24,28)(H,25,30)/t19-/m1/s1. The molecule has 1 heterocycles. The Morgan fingerprint density at radius 2 is 1.73 bits per heavy atom. The minimum atomic E-state index is -0.898. The number of hydrogen-bond acceptors (Lipinski definition) is 4. The molecule has 0 radical (unpaired) electrons. The minimum Gasteiger partial charge on any atom is -0.508 e. The molecule has 1 saturated heterocycles. The molecule has 1 atom stereocenters. The van der Waals surface area contributed by atoms with Crippen LogP contribution in [0.2, 0.25) is 0 Å². The maximum atomic E-state index is 12.9. The number of nitrogens with one attached hydrogen (secondary N) is 2. The molecule has 3 aromatic carbocycles. The van der Waals surface area contributed by atoms with Gasteiger partial charge in [-0.05, 0) is 35.6 Å². The Labute approximate surface area is 173 Å². The molecule has 7 nitrogen and oxygen atoms in total. The lowest BCUT2D eigenvalue weighted by Crippen LogP contribution is -2.37. The van der Waals surface area contributed by atoms with E-state index >= 15 is 0 Å². The average Bonchev–Trinajstić information content (AvgIpc) is 3.02. The first kappa shape index (κ1) is 19.4. The zero-order valence-corrected chi connectivity index (χ0v) is 16.2. The van der Waals surface area contributed by atoms with Gasteiger partial charge in [0.15, 0.2) is 0 Å². The van der Waals surface area contributed by atoms with E-state index in [0.29, 0.717) is 18.7 Å². The number of nitrogens with zero attached hydrogens (tertiary/aromatic N) is 1. The van der Waals surface area contributed by atoms with Gasteiger partial charge >= 0.3 is 6.03 Å². The van der Waals surface area contributed by atoms with E-state index in [1.165, 1.54) is 0 Å². The van der Waals surface area contributed by atoms with E-state index in [4.69, 9.17) is 0 Å². The fourth-order valence-corrected chi connectivity index (χ4v) is 3.57. The number of benzene rings is 3. The van der Waals surface area contributed by atoms with Crippen molar-refractivity contribution in [2.24, 2.45) is 0 Å². The summed E-state index contributed by atoms with van der Waals surface area (Å²) in [6.07, 6.45) is 0.473. The number of anilines is 1. The summed E-state index contributed by atoms with van der Waals surface area (Å²) in [6.45, 7) is 0.394. The van der Waals surface area contributed by atoms with Crippen LogP contribution in [-0.4, -0.2) is 35.5 Å². The van der Waals surface area contributed by atoms with Crippen molar-refractivity contribution in [2.75, 3.05) is 11.4 Å². The molecule has 3 aromatic rings. The van der Waals surface area contributed by atoms with Gasteiger partial charge in [0.1, 0.15) is 11.8 Å². The number of urea groups is 1. The van der Waals surface area contributed by atoms with Crippen LogP contribution in [0.3, 0.4) is 0 Å². The molecule has 0 saturated carbocycles. The average molecular weight is 403 g/mol. The van der Waals surface area contributed by atoms with Crippen molar-refractivity contribution in [3.8, 4) is 5.75 Å². The van der Waals surface area contributed by atoms with Gasteiger partial charge in [-0.1, -0.05) is 48.5 Å². The van der Waals surface area contributed by atoms with E-state index in [2.05, 4.69) is 10.6 Å². The van der Waals surface area contributed by atoms with Gasteiger partial charge < -0.3 is 15.7 Å². The second-order valence-corrected chi connectivity index (χ2v) is 7.14. The smallest absolute Gasteiger partial charge is 0.329 e. The Bertz CT molecular complexity index is 1110. The number of carbonyl (C=O) groups is 3. The molecule has 0 bridgehead atoms. The van der Waals surface area contributed by atoms with Crippen molar-refractivity contribution in [1.29, 1.82) is 0 Å². The van der Waals surface area contributed by atoms with Gasteiger partial charge in [0.2, 0.25) is 5.91 Å². The third-order valence-corrected chi connectivity index (χ3v) is 5.09. The van der Waals surface area contributed by atoms with Crippen molar-refractivity contribution in [3.63, 3.8) is 0 Å². The largest absolute Gasteiger partial charge is 0.508 e. The maximum Gasteiger partial charge on any atom is 0.329 e. The normalized spacial score (nSPS) is 16.0. The molecule has 0 aliphatic carbocycles. The van der Waals surface area contributed by atoms with Crippen LogP contribution in [0.15, 0.2) is 66.7 Å². The summed E-state index contributed by atoms with van der Waals surface area (Å²) >= 11 is 0. The highest BCUT2D eigenvalue weighted by Gasteiger charge is 2.40. The number of phenols is 1. The first-order chi connectivity index (χ1) is 14.5. The number of imide groups is 1. The summed E-state index contributed by atoms with van der Waals surface area (Å²) in [5, 5.41) is 16.4. The van der Waals surface area contributed by atoms with Gasteiger partial charge in [0.25, 0.3) is 5.91 Å². The first-order valence-corrected chi connectivity index (χ1v) is 9.70. The molecule has 1 aliphatic heterocycles. The molecular weight excluding hydrogens is 382 g/mol. The molecule has 0 spiro atoms.